The van der Waals surface area contributed by atoms with Gasteiger partial charge in [-0.1, -0.05) is 0 Å². The van der Waals surface area contributed by atoms with Gasteiger partial charge in [-0.3, -0.25) is 9.59 Å². The van der Waals surface area contributed by atoms with Crippen molar-refractivity contribution in [3.05, 3.63) is 20.9 Å². The molecule has 2 aliphatic heterocycles. The molecule has 29 heavy (non-hydrogen) atoms. The fourth-order valence-corrected chi connectivity index (χ4v) is 8.78. The van der Waals surface area contributed by atoms with E-state index in [0.29, 0.717) is 63.2 Å². The lowest BCUT2D eigenvalue weighted by Gasteiger charge is -2.38. The van der Waals surface area contributed by atoms with E-state index < -0.39 is 0 Å². The maximum absolute atomic E-state index is 13.7. The van der Waals surface area contributed by atoms with Crippen LogP contribution < -0.4 is 5.73 Å². The van der Waals surface area contributed by atoms with Crippen LogP contribution in [0.25, 0.3) is 0 Å². The highest BCUT2D eigenvalue weighted by atomic mass is 32.1. The van der Waals surface area contributed by atoms with Gasteiger partial charge in [0.05, 0.1) is 37.4 Å². The number of thiophene rings is 1. The molecule has 2 unspecified atom stereocenters. The average molecular weight is 417 g/mol. The van der Waals surface area contributed by atoms with Crippen molar-refractivity contribution in [2.24, 2.45) is 28.9 Å². The molecule has 1 saturated heterocycles. The minimum atomic E-state index is -0.264. The summed E-state index contributed by atoms with van der Waals surface area (Å²) in [5.74, 6) is 1.92. The quantitative estimate of drug-likeness (QED) is 0.820. The summed E-state index contributed by atoms with van der Waals surface area (Å²) in [6.07, 6.45) is 4.84. The molecule has 2 amide bonds. The minimum absolute atomic E-state index is 0.0885. The van der Waals surface area contributed by atoms with E-state index >= 15 is 0 Å². The molecule has 7 heteroatoms. The van der Waals surface area contributed by atoms with Gasteiger partial charge in [0.25, 0.3) is 5.91 Å². The molecule has 0 radical (unpaired) electrons. The van der Waals surface area contributed by atoms with Crippen molar-refractivity contribution in [3.63, 3.8) is 0 Å². The van der Waals surface area contributed by atoms with Gasteiger partial charge >= 0.3 is 0 Å². The van der Waals surface area contributed by atoms with Gasteiger partial charge in [-0.05, 0) is 61.3 Å². The Bertz CT molecular complexity index is 858. The SMILES string of the molecule is NC(=O)C12CC3CC1CC(C2)C3c1sc2c(c1C(=O)N1CCOCC1)CCOC2. The lowest BCUT2D eigenvalue weighted by molar-refractivity contribution is -0.129. The molecule has 6 nitrogen and oxygen atoms in total. The van der Waals surface area contributed by atoms with Crippen LogP contribution in [0.5, 0.6) is 0 Å². The van der Waals surface area contributed by atoms with Crippen LogP contribution in [0.1, 0.15) is 57.3 Å². The number of nitrogens with zero attached hydrogens (tertiary/aromatic N) is 1. The molecule has 1 aromatic heterocycles. The molecular weight excluding hydrogens is 388 g/mol. The van der Waals surface area contributed by atoms with Crippen molar-refractivity contribution in [1.82, 2.24) is 4.90 Å². The van der Waals surface area contributed by atoms with Crippen LogP contribution in [0.15, 0.2) is 0 Å². The average Bonchev–Trinajstić information content (AvgIpc) is 3.34. The zero-order chi connectivity index (χ0) is 19.8. The van der Waals surface area contributed by atoms with E-state index in [-0.39, 0.29) is 17.2 Å². The third kappa shape index (κ3) is 2.53. The number of hydrogen-bond donors (Lipinski definition) is 1. The van der Waals surface area contributed by atoms with Gasteiger partial charge in [0.2, 0.25) is 5.91 Å². The molecule has 7 rings (SSSR count). The van der Waals surface area contributed by atoms with Crippen LogP contribution in [0, 0.1) is 23.2 Å². The molecule has 4 bridgehead atoms. The summed E-state index contributed by atoms with van der Waals surface area (Å²) in [6, 6.07) is 0. The van der Waals surface area contributed by atoms with Crippen molar-refractivity contribution >= 4 is 23.2 Å². The molecule has 6 aliphatic rings. The molecule has 1 aromatic rings. The molecule has 4 saturated carbocycles. The second-order valence-electron chi connectivity index (χ2n) is 9.59. The number of primary amides is 1. The van der Waals surface area contributed by atoms with Gasteiger partial charge in [-0.15, -0.1) is 11.3 Å². The molecule has 2 atom stereocenters. The third-order valence-electron chi connectivity index (χ3n) is 8.38. The number of nitrogens with two attached hydrogens (primary N) is 1. The highest BCUT2D eigenvalue weighted by Gasteiger charge is 2.65. The van der Waals surface area contributed by atoms with E-state index in [9.17, 15) is 9.59 Å². The molecule has 0 spiro atoms. The first kappa shape index (κ1) is 18.3. The number of rotatable bonds is 3. The number of morpholine rings is 1. The Morgan fingerprint density at radius 3 is 2.45 bits per heavy atom. The lowest BCUT2D eigenvalue weighted by atomic mass is 9.67. The fraction of sp³-hybridized carbons (Fsp3) is 0.727. The van der Waals surface area contributed by atoms with Crippen molar-refractivity contribution in [2.45, 2.75) is 44.6 Å². The number of amides is 2. The third-order valence-corrected chi connectivity index (χ3v) is 9.68. The Morgan fingerprint density at radius 2 is 1.79 bits per heavy atom. The smallest absolute Gasteiger partial charge is 0.255 e. The normalized spacial score (nSPS) is 37.7. The van der Waals surface area contributed by atoms with E-state index in [4.69, 9.17) is 15.2 Å². The summed E-state index contributed by atoms with van der Waals surface area (Å²) in [5, 5.41) is 0. The minimum Gasteiger partial charge on any atom is -0.378 e. The zero-order valence-electron chi connectivity index (χ0n) is 16.7. The van der Waals surface area contributed by atoms with Crippen LogP contribution in [0.4, 0.5) is 0 Å². The van der Waals surface area contributed by atoms with Crippen LogP contribution in [-0.2, 0) is 27.3 Å². The summed E-state index contributed by atoms with van der Waals surface area (Å²) in [7, 11) is 0. The van der Waals surface area contributed by atoms with Gasteiger partial charge in [0, 0.05) is 22.8 Å². The van der Waals surface area contributed by atoms with Crippen LogP contribution >= 0.6 is 11.3 Å². The Kier molecular flexibility index (Phi) is 4.13. The topological polar surface area (TPSA) is 81.9 Å². The fourth-order valence-electron chi connectivity index (χ4n) is 7.21. The number of carbonyl (C=O) groups is 2. The van der Waals surface area contributed by atoms with Crippen LogP contribution in [0.2, 0.25) is 0 Å². The van der Waals surface area contributed by atoms with Crippen molar-refractivity contribution in [3.8, 4) is 0 Å². The van der Waals surface area contributed by atoms with Gasteiger partial charge in [0.1, 0.15) is 0 Å². The summed E-state index contributed by atoms with van der Waals surface area (Å²) >= 11 is 1.81. The van der Waals surface area contributed by atoms with E-state index in [1.165, 1.54) is 15.3 Å². The van der Waals surface area contributed by atoms with Crippen molar-refractivity contribution in [1.29, 1.82) is 0 Å². The number of ether oxygens (including phenoxy) is 2. The van der Waals surface area contributed by atoms with Gasteiger partial charge in [-0.25, -0.2) is 0 Å². The predicted molar refractivity (Wildman–Crippen MR) is 108 cm³/mol. The molecule has 156 valence electrons. The van der Waals surface area contributed by atoms with Gasteiger partial charge in [-0.2, -0.15) is 0 Å². The van der Waals surface area contributed by atoms with E-state index in [2.05, 4.69) is 0 Å². The first-order chi connectivity index (χ1) is 14.1. The summed E-state index contributed by atoms with van der Waals surface area (Å²) in [5.41, 5.74) is 7.81. The molecule has 0 aromatic carbocycles. The highest BCUT2D eigenvalue weighted by Crippen LogP contribution is 2.70. The van der Waals surface area contributed by atoms with E-state index in [1.807, 2.05) is 16.2 Å². The Hall–Kier alpha value is -1.44. The first-order valence-electron chi connectivity index (χ1n) is 11.0. The largest absolute Gasteiger partial charge is 0.378 e. The van der Waals surface area contributed by atoms with E-state index in [1.54, 1.807) is 0 Å². The monoisotopic (exact) mass is 416 g/mol. The Morgan fingerprint density at radius 1 is 1.07 bits per heavy atom. The maximum atomic E-state index is 13.7. The van der Waals surface area contributed by atoms with Gasteiger partial charge in [0.15, 0.2) is 0 Å². The molecule has 2 N–H and O–H groups in total. The number of hydrogen-bond acceptors (Lipinski definition) is 5. The van der Waals surface area contributed by atoms with Crippen molar-refractivity contribution in [2.75, 3.05) is 32.9 Å². The second kappa shape index (κ2) is 6.53. The number of fused-ring (bicyclic) bond motifs is 1. The second-order valence-corrected chi connectivity index (χ2v) is 10.7. The maximum Gasteiger partial charge on any atom is 0.255 e. The van der Waals surface area contributed by atoms with E-state index in [0.717, 1.165) is 37.7 Å². The molecule has 5 fully saturated rings. The Labute approximate surface area is 174 Å². The Balaban J connectivity index is 1.40. The van der Waals surface area contributed by atoms with Gasteiger partial charge < -0.3 is 20.1 Å². The summed E-state index contributed by atoms with van der Waals surface area (Å²) in [6.45, 7) is 3.89. The van der Waals surface area contributed by atoms with Crippen LogP contribution in [-0.4, -0.2) is 49.6 Å². The molecule has 3 heterocycles. The number of carbonyl (C=O) groups excluding carboxylic acids is 2. The highest BCUT2D eigenvalue weighted by molar-refractivity contribution is 7.12. The standard InChI is InChI=1S/C22H28N2O4S/c23-21(26)22-9-12-7-14(22)8-13(10-22)17(12)19-18(15-1-4-28-11-16(15)29-19)20(25)24-2-5-27-6-3-24/h12-14,17H,1-11H2,(H2,23,26). The molecule has 4 aliphatic carbocycles. The predicted octanol–water partition coefficient (Wildman–Crippen LogP) is 2.30. The molecular formula is C22H28N2O4S. The zero-order valence-corrected chi connectivity index (χ0v) is 17.5. The lowest BCUT2D eigenvalue weighted by Crippen LogP contribution is -2.42. The van der Waals surface area contributed by atoms with Crippen molar-refractivity contribution < 1.29 is 19.1 Å². The summed E-state index contributed by atoms with van der Waals surface area (Å²) in [4.78, 5) is 30.4. The van der Waals surface area contributed by atoms with Crippen LogP contribution in [0.3, 0.4) is 0 Å². The first-order valence-corrected chi connectivity index (χ1v) is 11.8. The summed E-state index contributed by atoms with van der Waals surface area (Å²) < 4.78 is 11.2.